The van der Waals surface area contributed by atoms with Crippen molar-refractivity contribution in [2.75, 3.05) is 49.6 Å². The van der Waals surface area contributed by atoms with Crippen LogP contribution in [0.1, 0.15) is 46.2 Å². The van der Waals surface area contributed by atoms with Crippen molar-refractivity contribution in [2.45, 2.75) is 64.2 Å². The van der Waals surface area contributed by atoms with Gasteiger partial charge < -0.3 is 29.6 Å². The molecular weight excluding hydrogens is 1150 g/mol. The Balaban J connectivity index is 1.26. The molecule has 0 radical (unpaired) electrons. The average Bonchev–Trinajstić information content (AvgIpc) is 3.39. The largest absolute Gasteiger partial charge is 0.497 e. The standard InChI is InChI=1S/C51H56N10O17S4/c1-29-21-41(31(3)19-39(29)56-54-37-13-11-35(75-7)25-49(37)81(69,70)71)58-60-43-27-47(77-15-9-17-79(63,64)65)45(23-33(43)5)52-51(62)53-46-24-34(6)44(28-48(46)78-16-10-18-80(66,67)68)61-59-42-22-30(2)40(20-32(42)4)57-55-38-14-12-36(76-8)26-50(38)82(72,73)74/h11-14,19-28H,9-10,15-18H2,1-8H3,(H2,52,53,62)(H,63,64,65)(H,66,67,68)(H,69,70,71)(H,72,73,74). The number of carbonyl (C=O) groups excluding carboxylic acids is 1. The molecule has 6 aromatic carbocycles. The van der Waals surface area contributed by atoms with Gasteiger partial charge in [0.25, 0.3) is 40.5 Å². The van der Waals surface area contributed by atoms with Gasteiger partial charge in [0.05, 0.1) is 84.4 Å². The van der Waals surface area contributed by atoms with E-state index in [-0.39, 0.29) is 83.2 Å². The van der Waals surface area contributed by atoms with E-state index in [0.29, 0.717) is 56.1 Å². The van der Waals surface area contributed by atoms with Crippen LogP contribution in [0.3, 0.4) is 0 Å². The molecule has 0 aliphatic heterocycles. The van der Waals surface area contributed by atoms with E-state index in [1.165, 1.54) is 62.8 Å². The van der Waals surface area contributed by atoms with Crippen LogP contribution in [0.5, 0.6) is 23.0 Å². The average molecular weight is 1210 g/mol. The van der Waals surface area contributed by atoms with E-state index >= 15 is 0 Å². The van der Waals surface area contributed by atoms with Gasteiger partial charge in [-0.1, -0.05) is 0 Å². The fourth-order valence-corrected chi connectivity index (χ4v) is 9.62. The molecule has 6 rings (SSSR count). The van der Waals surface area contributed by atoms with Gasteiger partial charge >= 0.3 is 6.03 Å². The number of amides is 2. The van der Waals surface area contributed by atoms with Crippen LogP contribution >= 0.6 is 0 Å². The zero-order chi connectivity index (χ0) is 60.3. The van der Waals surface area contributed by atoms with Crippen molar-refractivity contribution >= 4 is 103 Å². The summed E-state index contributed by atoms with van der Waals surface area (Å²) < 4.78 is 154. The lowest BCUT2D eigenvalue weighted by atomic mass is 10.1. The summed E-state index contributed by atoms with van der Waals surface area (Å²) in [4.78, 5) is 12.9. The summed E-state index contributed by atoms with van der Waals surface area (Å²) in [7, 11) is -15.4. The number of nitrogens with one attached hydrogen (secondary N) is 2. The molecule has 0 saturated carbocycles. The van der Waals surface area contributed by atoms with Crippen LogP contribution in [0, 0.1) is 41.5 Å². The van der Waals surface area contributed by atoms with Crippen LogP contribution in [0.15, 0.2) is 136 Å². The summed E-state index contributed by atoms with van der Waals surface area (Å²) in [6.45, 7) is 9.75. The first kappa shape index (κ1) is 63.0. The van der Waals surface area contributed by atoms with Crippen molar-refractivity contribution in [3.05, 3.63) is 118 Å². The first-order valence-corrected chi connectivity index (χ1v) is 30.2. The van der Waals surface area contributed by atoms with E-state index in [9.17, 15) is 56.7 Å². The number of anilines is 2. The van der Waals surface area contributed by atoms with Gasteiger partial charge in [0.1, 0.15) is 44.2 Å². The van der Waals surface area contributed by atoms with Gasteiger partial charge in [-0.05, 0) is 148 Å². The predicted octanol–water partition coefficient (Wildman–Crippen LogP) is 12.7. The summed E-state index contributed by atoms with van der Waals surface area (Å²) >= 11 is 0. The van der Waals surface area contributed by atoms with E-state index < -0.39 is 67.8 Å². The summed E-state index contributed by atoms with van der Waals surface area (Å²) in [6, 6.07) is 19.5. The molecule has 0 atom stereocenters. The smallest absolute Gasteiger partial charge is 0.323 e. The van der Waals surface area contributed by atoms with Gasteiger partial charge in [-0.3, -0.25) is 18.2 Å². The van der Waals surface area contributed by atoms with Crippen molar-refractivity contribution in [1.82, 2.24) is 0 Å². The van der Waals surface area contributed by atoms with Gasteiger partial charge in [0.15, 0.2) is 0 Å². The number of ether oxygens (including phenoxy) is 4. The number of carbonyl (C=O) groups is 1. The third kappa shape index (κ3) is 17.9. The molecule has 31 heteroatoms. The highest BCUT2D eigenvalue weighted by Crippen LogP contribution is 2.40. The lowest BCUT2D eigenvalue weighted by molar-refractivity contribution is 0.261. The minimum atomic E-state index is -4.68. The third-order valence-corrected chi connectivity index (χ3v) is 15.1. The van der Waals surface area contributed by atoms with Crippen molar-refractivity contribution < 1.29 is 75.6 Å². The Hall–Kier alpha value is -8.17. The molecule has 0 heterocycles. The fraction of sp³-hybridized carbons (Fsp3) is 0.275. The van der Waals surface area contributed by atoms with E-state index in [1.807, 2.05) is 0 Å². The molecule has 0 saturated heterocycles. The molecule has 2 amide bonds. The third-order valence-electron chi connectivity index (χ3n) is 11.7. The summed E-state index contributed by atoms with van der Waals surface area (Å²) in [5.41, 5.74) is 5.25. The van der Waals surface area contributed by atoms with Crippen LogP contribution in [-0.4, -0.2) is 96.9 Å². The maximum absolute atomic E-state index is 13.9. The van der Waals surface area contributed by atoms with Gasteiger partial charge in [0, 0.05) is 24.3 Å². The Labute approximate surface area is 472 Å². The molecule has 27 nitrogen and oxygen atoms in total. The molecule has 0 aliphatic rings. The molecule has 0 fully saturated rings. The van der Waals surface area contributed by atoms with Crippen LogP contribution in [0.2, 0.25) is 0 Å². The van der Waals surface area contributed by atoms with E-state index in [0.717, 1.165) is 12.1 Å². The predicted molar refractivity (Wildman–Crippen MR) is 302 cm³/mol. The second-order valence-electron chi connectivity index (χ2n) is 18.1. The number of nitrogens with zero attached hydrogens (tertiary/aromatic N) is 8. The Kier molecular flexibility index (Phi) is 20.5. The maximum atomic E-state index is 13.9. The number of hydrogen-bond acceptors (Lipinski definition) is 21. The van der Waals surface area contributed by atoms with Crippen LogP contribution in [0.4, 0.5) is 61.7 Å². The minimum Gasteiger partial charge on any atom is -0.497 e. The molecule has 0 aromatic heterocycles. The molecule has 6 aromatic rings. The Morgan fingerprint density at radius 3 is 0.976 bits per heavy atom. The highest BCUT2D eigenvalue weighted by molar-refractivity contribution is 7.86. The van der Waals surface area contributed by atoms with Crippen LogP contribution in [-0.2, 0) is 40.5 Å². The SMILES string of the molecule is COc1ccc(N=Nc2cc(C)c(N=Nc3cc(OCCCS(=O)(=O)O)c(NC(=O)Nc4cc(C)c(N=Nc5cc(C)c(N=Nc6ccc(OC)cc6S(=O)(=O)O)cc5C)cc4OCCCS(=O)(=O)O)cc3C)cc2C)c(S(=O)(=O)O)c1. The van der Waals surface area contributed by atoms with Gasteiger partial charge in [-0.15, -0.1) is 10.2 Å². The van der Waals surface area contributed by atoms with Crippen molar-refractivity contribution in [1.29, 1.82) is 0 Å². The molecule has 0 unspecified atom stereocenters. The highest BCUT2D eigenvalue weighted by atomic mass is 32.2. The second-order valence-corrected chi connectivity index (χ2v) is 24.0. The summed E-state index contributed by atoms with van der Waals surface area (Å²) in [5.74, 6) is -0.846. The summed E-state index contributed by atoms with van der Waals surface area (Å²) in [5, 5.41) is 39.7. The van der Waals surface area contributed by atoms with E-state index in [1.54, 1.807) is 65.8 Å². The topological polar surface area (TPSA) is 394 Å². The number of hydrogen-bond donors (Lipinski definition) is 6. The fourth-order valence-electron chi connectivity index (χ4n) is 7.38. The minimum absolute atomic E-state index is 0.0234. The highest BCUT2D eigenvalue weighted by Gasteiger charge is 2.21. The lowest BCUT2D eigenvalue weighted by Gasteiger charge is -2.17. The Bertz CT molecular complexity index is 3770. The molecule has 0 spiro atoms. The van der Waals surface area contributed by atoms with Crippen molar-refractivity contribution in [3.8, 4) is 23.0 Å². The number of urea groups is 1. The summed E-state index contributed by atoms with van der Waals surface area (Å²) in [6.07, 6.45) is -0.280. The molecule has 0 aliphatic carbocycles. The Morgan fingerprint density at radius 1 is 0.415 bits per heavy atom. The molecule has 82 heavy (non-hydrogen) atoms. The van der Waals surface area contributed by atoms with Crippen molar-refractivity contribution in [2.24, 2.45) is 40.9 Å². The molecule has 0 bridgehead atoms. The number of aryl methyl sites for hydroxylation is 6. The number of rotatable bonds is 24. The lowest BCUT2D eigenvalue weighted by Crippen LogP contribution is -2.21. The van der Waals surface area contributed by atoms with Crippen LogP contribution < -0.4 is 29.6 Å². The first-order chi connectivity index (χ1) is 38.4. The number of azo groups is 4. The number of methoxy groups -OCH3 is 2. The molecule has 6 N–H and O–H groups in total. The zero-order valence-corrected chi connectivity index (χ0v) is 48.4. The maximum Gasteiger partial charge on any atom is 0.323 e. The van der Waals surface area contributed by atoms with Gasteiger partial charge in [-0.25, -0.2) is 4.79 Å². The first-order valence-electron chi connectivity index (χ1n) is 24.1. The number of benzene rings is 6. The van der Waals surface area contributed by atoms with E-state index in [4.69, 9.17) is 18.9 Å². The van der Waals surface area contributed by atoms with E-state index in [2.05, 4.69) is 51.5 Å². The molecule has 436 valence electrons. The second kappa shape index (κ2) is 26.6. The van der Waals surface area contributed by atoms with Gasteiger partial charge in [-0.2, -0.15) is 64.4 Å². The van der Waals surface area contributed by atoms with Gasteiger partial charge in [0.2, 0.25) is 0 Å². The van der Waals surface area contributed by atoms with Crippen LogP contribution in [0.25, 0.3) is 0 Å². The zero-order valence-electron chi connectivity index (χ0n) is 45.1. The monoisotopic (exact) mass is 1210 g/mol. The normalized spacial score (nSPS) is 12.4. The Morgan fingerprint density at radius 2 is 0.695 bits per heavy atom. The molecular formula is C51H56N10O17S4. The quantitative estimate of drug-likeness (QED) is 0.0186. The van der Waals surface area contributed by atoms with Crippen molar-refractivity contribution in [3.63, 3.8) is 0 Å².